The molecule has 0 aliphatic heterocycles. The standard InChI is InChI=1S/C17H20N4S/c1-3-21-11-14(9-18-21)10-20(2)12-16-13-22-17(19-16)15-7-5-4-6-8-15/h4-9,11,13H,3,10,12H2,1-2H3. The molecule has 2 heterocycles. The fraction of sp³-hybridized carbons (Fsp3) is 0.294. The number of hydrogen-bond acceptors (Lipinski definition) is 4. The van der Waals surface area contributed by atoms with E-state index in [1.54, 1.807) is 11.3 Å². The predicted octanol–water partition coefficient (Wildman–Crippen LogP) is 3.66. The number of aromatic nitrogens is 3. The Morgan fingerprint density at radius 1 is 1.18 bits per heavy atom. The largest absolute Gasteiger partial charge is 0.296 e. The molecule has 1 aromatic carbocycles. The van der Waals surface area contributed by atoms with E-state index in [1.165, 1.54) is 11.1 Å². The Morgan fingerprint density at radius 2 is 2.00 bits per heavy atom. The van der Waals surface area contributed by atoms with Crippen LogP contribution in [0.25, 0.3) is 10.6 Å². The zero-order valence-electron chi connectivity index (χ0n) is 12.9. The van der Waals surface area contributed by atoms with E-state index in [0.717, 1.165) is 30.3 Å². The van der Waals surface area contributed by atoms with Crippen molar-refractivity contribution in [3.05, 3.63) is 59.4 Å². The number of hydrogen-bond donors (Lipinski definition) is 0. The van der Waals surface area contributed by atoms with Gasteiger partial charge in [-0.3, -0.25) is 9.58 Å². The summed E-state index contributed by atoms with van der Waals surface area (Å²) in [6.45, 7) is 4.75. The van der Waals surface area contributed by atoms with E-state index < -0.39 is 0 Å². The summed E-state index contributed by atoms with van der Waals surface area (Å²) >= 11 is 1.70. The van der Waals surface area contributed by atoms with Gasteiger partial charge in [0, 0.05) is 42.3 Å². The molecule has 0 saturated carbocycles. The smallest absolute Gasteiger partial charge is 0.123 e. The first-order chi connectivity index (χ1) is 10.7. The van der Waals surface area contributed by atoms with Crippen LogP contribution in [0.2, 0.25) is 0 Å². The first-order valence-electron chi connectivity index (χ1n) is 7.44. The van der Waals surface area contributed by atoms with Crippen molar-refractivity contribution in [3.63, 3.8) is 0 Å². The van der Waals surface area contributed by atoms with Crippen LogP contribution in [0.3, 0.4) is 0 Å². The predicted molar refractivity (Wildman–Crippen MR) is 90.6 cm³/mol. The van der Waals surface area contributed by atoms with Gasteiger partial charge in [-0.1, -0.05) is 30.3 Å². The highest BCUT2D eigenvalue weighted by Crippen LogP contribution is 2.23. The third-order valence-electron chi connectivity index (χ3n) is 3.47. The van der Waals surface area contributed by atoms with E-state index in [4.69, 9.17) is 4.98 Å². The van der Waals surface area contributed by atoms with Crippen LogP contribution < -0.4 is 0 Å². The van der Waals surface area contributed by atoms with E-state index >= 15 is 0 Å². The lowest BCUT2D eigenvalue weighted by atomic mass is 10.2. The SMILES string of the molecule is CCn1cc(CN(C)Cc2csc(-c3ccccc3)n2)cn1. The summed E-state index contributed by atoms with van der Waals surface area (Å²) in [6.07, 6.45) is 4.05. The highest BCUT2D eigenvalue weighted by molar-refractivity contribution is 7.13. The third-order valence-corrected chi connectivity index (χ3v) is 4.41. The molecule has 0 aliphatic carbocycles. The topological polar surface area (TPSA) is 34.0 Å². The van der Waals surface area contributed by atoms with Crippen LogP contribution in [0.5, 0.6) is 0 Å². The lowest BCUT2D eigenvalue weighted by Crippen LogP contribution is -2.17. The van der Waals surface area contributed by atoms with Crippen molar-refractivity contribution >= 4 is 11.3 Å². The molecule has 4 nitrogen and oxygen atoms in total. The number of benzene rings is 1. The van der Waals surface area contributed by atoms with Crippen LogP contribution >= 0.6 is 11.3 Å². The Kier molecular flexibility index (Phi) is 4.65. The lowest BCUT2D eigenvalue weighted by molar-refractivity contribution is 0.316. The second-order valence-electron chi connectivity index (χ2n) is 5.39. The van der Waals surface area contributed by atoms with Gasteiger partial charge in [-0.25, -0.2) is 4.98 Å². The van der Waals surface area contributed by atoms with E-state index in [-0.39, 0.29) is 0 Å². The molecule has 0 spiro atoms. The summed E-state index contributed by atoms with van der Waals surface area (Å²) in [5.41, 5.74) is 3.54. The molecule has 0 saturated heterocycles. The molecule has 114 valence electrons. The Bertz CT molecular complexity index is 717. The number of thiazole rings is 1. The van der Waals surface area contributed by atoms with Crippen molar-refractivity contribution in [1.82, 2.24) is 19.7 Å². The molecular formula is C17H20N4S. The Hall–Kier alpha value is -1.98. The van der Waals surface area contributed by atoms with Gasteiger partial charge in [-0.15, -0.1) is 11.3 Å². The Labute approximate surface area is 135 Å². The van der Waals surface area contributed by atoms with Gasteiger partial charge in [0.1, 0.15) is 5.01 Å². The summed E-state index contributed by atoms with van der Waals surface area (Å²) in [5, 5.41) is 7.55. The fourth-order valence-electron chi connectivity index (χ4n) is 2.40. The normalized spacial score (nSPS) is 11.2. The van der Waals surface area contributed by atoms with E-state index in [0.29, 0.717) is 0 Å². The number of rotatable bonds is 6. The van der Waals surface area contributed by atoms with Gasteiger partial charge in [0.15, 0.2) is 0 Å². The van der Waals surface area contributed by atoms with Crippen LogP contribution in [0, 0.1) is 0 Å². The quantitative estimate of drug-likeness (QED) is 0.696. The van der Waals surface area contributed by atoms with Crippen molar-refractivity contribution in [1.29, 1.82) is 0 Å². The van der Waals surface area contributed by atoms with Crippen molar-refractivity contribution in [2.45, 2.75) is 26.6 Å². The molecule has 2 aromatic heterocycles. The maximum atomic E-state index is 4.74. The molecule has 0 aliphatic rings. The first kappa shape index (κ1) is 14.9. The molecule has 0 fully saturated rings. The van der Waals surface area contributed by atoms with Gasteiger partial charge in [0.2, 0.25) is 0 Å². The summed E-state index contributed by atoms with van der Waals surface area (Å²) in [7, 11) is 2.12. The van der Waals surface area contributed by atoms with Crippen molar-refractivity contribution < 1.29 is 0 Å². The lowest BCUT2D eigenvalue weighted by Gasteiger charge is -2.13. The summed E-state index contributed by atoms with van der Waals surface area (Å²) < 4.78 is 1.96. The number of aryl methyl sites for hydroxylation is 1. The average Bonchev–Trinajstić information content (AvgIpc) is 3.17. The molecule has 3 aromatic rings. The van der Waals surface area contributed by atoms with Gasteiger partial charge in [0.05, 0.1) is 11.9 Å². The minimum atomic E-state index is 0.848. The van der Waals surface area contributed by atoms with Gasteiger partial charge in [-0.2, -0.15) is 5.10 Å². The van der Waals surface area contributed by atoms with Gasteiger partial charge in [-0.05, 0) is 14.0 Å². The van der Waals surface area contributed by atoms with Gasteiger partial charge >= 0.3 is 0 Å². The monoisotopic (exact) mass is 312 g/mol. The van der Waals surface area contributed by atoms with Gasteiger partial charge in [0.25, 0.3) is 0 Å². The van der Waals surface area contributed by atoms with E-state index in [1.807, 2.05) is 29.1 Å². The van der Waals surface area contributed by atoms with Crippen molar-refractivity contribution in [3.8, 4) is 10.6 Å². The Morgan fingerprint density at radius 3 is 2.73 bits per heavy atom. The summed E-state index contributed by atoms with van der Waals surface area (Å²) in [6, 6.07) is 10.3. The minimum Gasteiger partial charge on any atom is -0.296 e. The van der Waals surface area contributed by atoms with Crippen LogP contribution in [-0.2, 0) is 19.6 Å². The molecule has 22 heavy (non-hydrogen) atoms. The van der Waals surface area contributed by atoms with Gasteiger partial charge < -0.3 is 0 Å². The molecule has 0 N–H and O–H groups in total. The van der Waals surface area contributed by atoms with Crippen LogP contribution in [0.4, 0.5) is 0 Å². The fourth-order valence-corrected chi connectivity index (χ4v) is 3.22. The summed E-state index contributed by atoms with van der Waals surface area (Å²) in [4.78, 5) is 7.00. The van der Waals surface area contributed by atoms with Crippen molar-refractivity contribution in [2.75, 3.05) is 7.05 Å². The molecule has 0 bridgehead atoms. The third kappa shape index (κ3) is 3.61. The summed E-state index contributed by atoms with van der Waals surface area (Å²) in [5.74, 6) is 0. The average molecular weight is 312 g/mol. The zero-order valence-corrected chi connectivity index (χ0v) is 13.8. The first-order valence-corrected chi connectivity index (χ1v) is 8.32. The molecule has 5 heteroatoms. The Balaban J connectivity index is 1.62. The van der Waals surface area contributed by atoms with Crippen LogP contribution in [-0.4, -0.2) is 26.7 Å². The molecule has 0 radical (unpaired) electrons. The maximum absolute atomic E-state index is 4.74. The number of nitrogens with zero attached hydrogens (tertiary/aromatic N) is 4. The maximum Gasteiger partial charge on any atom is 0.123 e. The van der Waals surface area contributed by atoms with Crippen LogP contribution in [0.15, 0.2) is 48.1 Å². The molecule has 3 rings (SSSR count). The highest BCUT2D eigenvalue weighted by Gasteiger charge is 2.08. The molecule has 0 amide bonds. The second kappa shape index (κ2) is 6.85. The molecule has 0 atom stereocenters. The molecular weight excluding hydrogens is 292 g/mol. The molecule has 0 unspecified atom stereocenters. The zero-order chi connectivity index (χ0) is 15.4. The van der Waals surface area contributed by atoms with E-state index in [2.05, 4.69) is 47.7 Å². The second-order valence-corrected chi connectivity index (χ2v) is 6.24. The highest BCUT2D eigenvalue weighted by atomic mass is 32.1. The van der Waals surface area contributed by atoms with E-state index in [9.17, 15) is 0 Å². The van der Waals surface area contributed by atoms with Crippen molar-refractivity contribution in [2.24, 2.45) is 0 Å². The minimum absolute atomic E-state index is 0.848. The van der Waals surface area contributed by atoms with Crippen LogP contribution in [0.1, 0.15) is 18.2 Å².